The second-order valence-electron chi connectivity index (χ2n) is 4.78. The van der Waals surface area contributed by atoms with Crippen molar-refractivity contribution >= 4 is 11.6 Å². The topological polar surface area (TPSA) is 57.8 Å². The predicted molar refractivity (Wildman–Crippen MR) is 74.5 cm³/mol. The maximum absolute atomic E-state index is 13.0. The quantitative estimate of drug-likeness (QED) is 0.888. The highest BCUT2D eigenvalue weighted by Crippen LogP contribution is 2.19. The molecule has 1 aliphatic heterocycles. The smallest absolute Gasteiger partial charge is 0.254 e. The van der Waals surface area contributed by atoms with Gasteiger partial charge in [-0.05, 0) is 30.7 Å². The molecule has 0 saturated heterocycles. The Morgan fingerprint density at radius 2 is 2.25 bits per heavy atom. The molecule has 1 aliphatic rings. The first kappa shape index (κ1) is 13.3. The molecule has 0 bridgehead atoms. The summed E-state index contributed by atoms with van der Waals surface area (Å²) in [5.74, 6) is 0.167. The third kappa shape index (κ3) is 2.59. The van der Waals surface area contributed by atoms with Crippen molar-refractivity contribution in [2.75, 3.05) is 6.54 Å². The molecule has 20 heavy (non-hydrogen) atoms. The van der Waals surface area contributed by atoms with Crippen molar-refractivity contribution < 1.29 is 4.39 Å². The normalized spacial score (nSPS) is 14.1. The van der Waals surface area contributed by atoms with Gasteiger partial charge in [-0.15, -0.1) is 0 Å². The van der Waals surface area contributed by atoms with Crippen LogP contribution in [0.2, 0.25) is 5.02 Å². The summed E-state index contributed by atoms with van der Waals surface area (Å²) in [4.78, 5) is 19.2. The zero-order valence-corrected chi connectivity index (χ0v) is 11.4. The van der Waals surface area contributed by atoms with Gasteiger partial charge in [-0.1, -0.05) is 17.7 Å². The first-order valence-electron chi connectivity index (χ1n) is 6.39. The second-order valence-corrected chi connectivity index (χ2v) is 5.18. The van der Waals surface area contributed by atoms with Crippen LogP contribution >= 0.6 is 11.6 Å². The van der Waals surface area contributed by atoms with Gasteiger partial charge in [0.15, 0.2) is 0 Å². The van der Waals surface area contributed by atoms with Crippen molar-refractivity contribution in [3.05, 3.63) is 62.0 Å². The Morgan fingerprint density at radius 3 is 3.05 bits per heavy atom. The van der Waals surface area contributed by atoms with Crippen molar-refractivity contribution in [2.24, 2.45) is 0 Å². The molecule has 2 heterocycles. The van der Waals surface area contributed by atoms with Gasteiger partial charge >= 0.3 is 0 Å². The number of nitrogens with one attached hydrogen (secondary N) is 2. The standard InChI is InChI=1S/C14H13ClFN3O/c15-11-6-9(16)2-1-8(11)5-13-18-12-7-17-4-3-10(12)14(20)19-13/h1-2,6,17H,3-5,7H2,(H,18,19,20). The van der Waals surface area contributed by atoms with Crippen LogP contribution in [0.4, 0.5) is 4.39 Å². The molecule has 0 radical (unpaired) electrons. The van der Waals surface area contributed by atoms with E-state index in [0.717, 1.165) is 23.4 Å². The van der Waals surface area contributed by atoms with Crippen LogP contribution in [0.1, 0.15) is 22.6 Å². The van der Waals surface area contributed by atoms with E-state index >= 15 is 0 Å². The molecule has 0 amide bonds. The fourth-order valence-corrected chi connectivity index (χ4v) is 2.58. The molecule has 1 aromatic carbocycles. The Labute approximate surface area is 120 Å². The molecule has 6 heteroatoms. The van der Waals surface area contributed by atoms with E-state index in [1.807, 2.05) is 0 Å². The lowest BCUT2D eigenvalue weighted by Crippen LogP contribution is -2.32. The molecule has 0 spiro atoms. The molecule has 104 valence electrons. The van der Waals surface area contributed by atoms with E-state index in [-0.39, 0.29) is 11.4 Å². The molecule has 1 aromatic heterocycles. The molecule has 0 aliphatic carbocycles. The lowest BCUT2D eigenvalue weighted by atomic mass is 10.1. The highest BCUT2D eigenvalue weighted by atomic mass is 35.5. The van der Waals surface area contributed by atoms with Crippen molar-refractivity contribution in [1.82, 2.24) is 15.3 Å². The molecule has 2 N–H and O–H groups in total. The zero-order valence-electron chi connectivity index (χ0n) is 10.7. The van der Waals surface area contributed by atoms with Gasteiger partial charge in [0.05, 0.1) is 5.69 Å². The number of aromatic nitrogens is 2. The largest absolute Gasteiger partial charge is 0.311 e. The number of fused-ring (bicyclic) bond motifs is 1. The number of hydrogen-bond acceptors (Lipinski definition) is 3. The van der Waals surface area contributed by atoms with Gasteiger partial charge < -0.3 is 10.3 Å². The predicted octanol–water partition coefficient (Wildman–Crippen LogP) is 1.80. The third-order valence-corrected chi connectivity index (χ3v) is 3.72. The Morgan fingerprint density at radius 1 is 1.40 bits per heavy atom. The van der Waals surface area contributed by atoms with Crippen LogP contribution in [0.15, 0.2) is 23.0 Å². The van der Waals surface area contributed by atoms with Crippen LogP contribution in [-0.4, -0.2) is 16.5 Å². The van der Waals surface area contributed by atoms with Gasteiger partial charge in [-0.25, -0.2) is 9.37 Å². The van der Waals surface area contributed by atoms with Crippen LogP contribution in [0.5, 0.6) is 0 Å². The summed E-state index contributed by atoms with van der Waals surface area (Å²) in [6.07, 6.45) is 1.07. The molecule has 2 aromatic rings. The van der Waals surface area contributed by atoms with Crippen LogP contribution in [0, 0.1) is 5.82 Å². The number of rotatable bonds is 2. The van der Waals surface area contributed by atoms with Gasteiger partial charge in [-0.2, -0.15) is 0 Å². The minimum atomic E-state index is -0.380. The van der Waals surface area contributed by atoms with E-state index in [4.69, 9.17) is 11.6 Å². The van der Waals surface area contributed by atoms with E-state index < -0.39 is 0 Å². The summed E-state index contributed by atoms with van der Waals surface area (Å²) in [5.41, 5.74) is 2.18. The Kier molecular flexibility index (Phi) is 3.54. The third-order valence-electron chi connectivity index (χ3n) is 3.37. The number of halogens is 2. The SMILES string of the molecule is O=c1[nH]c(Cc2ccc(F)cc2Cl)nc2c1CCNC2. The monoisotopic (exact) mass is 293 g/mol. The average Bonchev–Trinajstić information content (AvgIpc) is 2.42. The molecule has 3 rings (SSSR count). The van der Waals surface area contributed by atoms with Gasteiger partial charge in [0, 0.05) is 23.6 Å². The Hall–Kier alpha value is -1.72. The fraction of sp³-hybridized carbons (Fsp3) is 0.286. The zero-order chi connectivity index (χ0) is 14.1. The van der Waals surface area contributed by atoms with Crippen molar-refractivity contribution in [2.45, 2.75) is 19.4 Å². The molecule has 4 nitrogen and oxygen atoms in total. The van der Waals surface area contributed by atoms with Crippen molar-refractivity contribution in [3.63, 3.8) is 0 Å². The molecule has 0 unspecified atom stereocenters. The minimum Gasteiger partial charge on any atom is -0.311 e. The maximum Gasteiger partial charge on any atom is 0.254 e. The van der Waals surface area contributed by atoms with E-state index in [2.05, 4.69) is 15.3 Å². The lowest BCUT2D eigenvalue weighted by Gasteiger charge is -2.16. The molecule has 0 saturated carbocycles. The highest BCUT2D eigenvalue weighted by Gasteiger charge is 2.15. The van der Waals surface area contributed by atoms with Crippen LogP contribution in [0.25, 0.3) is 0 Å². The first-order valence-corrected chi connectivity index (χ1v) is 6.77. The Bertz CT molecular complexity index is 714. The van der Waals surface area contributed by atoms with E-state index in [1.165, 1.54) is 12.1 Å². The number of nitrogens with zero attached hydrogens (tertiary/aromatic N) is 1. The molecular weight excluding hydrogens is 281 g/mol. The highest BCUT2D eigenvalue weighted by molar-refractivity contribution is 6.31. The fourth-order valence-electron chi connectivity index (χ4n) is 2.35. The summed E-state index contributed by atoms with van der Waals surface area (Å²) >= 11 is 5.99. The second kappa shape index (κ2) is 5.34. The number of hydrogen-bond donors (Lipinski definition) is 2. The van der Waals surface area contributed by atoms with Gasteiger partial charge in [0.1, 0.15) is 11.6 Å². The average molecular weight is 294 g/mol. The Balaban J connectivity index is 1.95. The van der Waals surface area contributed by atoms with Crippen molar-refractivity contribution in [1.29, 1.82) is 0 Å². The number of aromatic amines is 1. The molecule has 0 atom stereocenters. The van der Waals surface area contributed by atoms with Gasteiger partial charge in [-0.3, -0.25) is 4.79 Å². The summed E-state index contributed by atoms with van der Waals surface area (Å²) < 4.78 is 13.0. The van der Waals surface area contributed by atoms with Crippen LogP contribution in [-0.2, 0) is 19.4 Å². The number of benzene rings is 1. The minimum absolute atomic E-state index is 0.0928. The van der Waals surface area contributed by atoms with E-state index in [9.17, 15) is 9.18 Å². The summed E-state index contributed by atoms with van der Waals surface area (Å²) in [6.45, 7) is 1.39. The van der Waals surface area contributed by atoms with Gasteiger partial charge in [0.2, 0.25) is 0 Å². The van der Waals surface area contributed by atoms with Crippen LogP contribution < -0.4 is 10.9 Å². The summed E-state index contributed by atoms with van der Waals surface area (Å²) in [5, 5.41) is 3.52. The molecular formula is C14H13ClFN3O. The van der Waals surface area contributed by atoms with E-state index in [0.29, 0.717) is 30.2 Å². The molecule has 0 fully saturated rings. The maximum atomic E-state index is 13.0. The summed E-state index contributed by atoms with van der Waals surface area (Å²) in [7, 11) is 0. The van der Waals surface area contributed by atoms with Crippen LogP contribution in [0.3, 0.4) is 0 Å². The number of H-pyrrole nitrogens is 1. The lowest BCUT2D eigenvalue weighted by molar-refractivity contribution is 0.612. The summed E-state index contributed by atoms with van der Waals surface area (Å²) in [6, 6.07) is 4.21. The van der Waals surface area contributed by atoms with Gasteiger partial charge in [0.25, 0.3) is 5.56 Å². The first-order chi connectivity index (χ1) is 9.63. The van der Waals surface area contributed by atoms with Crippen molar-refractivity contribution in [3.8, 4) is 0 Å². The van der Waals surface area contributed by atoms with E-state index in [1.54, 1.807) is 6.07 Å².